The number of aliphatic imine (C=N–C) groups is 1. The Kier molecular flexibility index (Phi) is 5.20. The molecule has 0 radical (unpaired) electrons. The van der Waals surface area contributed by atoms with E-state index in [1.807, 2.05) is 0 Å². The third-order valence-corrected chi connectivity index (χ3v) is 11.3. The topological polar surface area (TPSA) is 38.1 Å². The lowest BCUT2D eigenvalue weighted by atomic mass is 9.79. The SMILES string of the molecule is CC1(C)C2=C(N=CCC2)c2nc(-c3ccc4c(c3)C(C)(C)c3cc(-c5ccc6c(n5)-c5ccccc5C6(C)C)ccc3-4)ccc21. The quantitative estimate of drug-likeness (QED) is 0.207. The molecule has 0 saturated carbocycles. The fourth-order valence-corrected chi connectivity index (χ4v) is 8.61. The molecule has 0 spiro atoms. The Morgan fingerprint density at radius 2 is 1.09 bits per heavy atom. The Hall–Kier alpha value is -4.63. The van der Waals surface area contributed by atoms with Crippen LogP contribution in [0.3, 0.4) is 0 Å². The molecule has 9 rings (SSSR count). The van der Waals surface area contributed by atoms with Gasteiger partial charge in [-0.1, -0.05) is 102 Å². The first-order chi connectivity index (χ1) is 21.6. The van der Waals surface area contributed by atoms with E-state index < -0.39 is 0 Å². The van der Waals surface area contributed by atoms with Crippen molar-refractivity contribution in [1.29, 1.82) is 0 Å². The van der Waals surface area contributed by atoms with E-state index in [1.165, 1.54) is 55.6 Å². The van der Waals surface area contributed by atoms with Crippen LogP contribution in [0.15, 0.2) is 95.5 Å². The normalized spacial score (nSPS) is 18.6. The molecule has 3 aromatic carbocycles. The second-order valence-corrected chi connectivity index (χ2v) is 14.8. The molecule has 0 amide bonds. The van der Waals surface area contributed by atoms with E-state index in [-0.39, 0.29) is 16.2 Å². The van der Waals surface area contributed by atoms with E-state index in [0.717, 1.165) is 46.9 Å². The van der Waals surface area contributed by atoms with Gasteiger partial charge in [-0.3, -0.25) is 4.99 Å². The highest BCUT2D eigenvalue weighted by Crippen LogP contribution is 2.53. The molecule has 5 aromatic rings. The summed E-state index contributed by atoms with van der Waals surface area (Å²) in [6, 6.07) is 31.6. The predicted octanol–water partition coefficient (Wildman–Crippen LogP) is 10.3. The van der Waals surface area contributed by atoms with Crippen LogP contribution in [-0.2, 0) is 16.2 Å². The zero-order valence-corrected chi connectivity index (χ0v) is 26.9. The summed E-state index contributed by atoms with van der Waals surface area (Å²) in [4.78, 5) is 15.4. The Morgan fingerprint density at radius 1 is 0.511 bits per heavy atom. The van der Waals surface area contributed by atoms with Crippen LogP contribution >= 0.6 is 0 Å². The van der Waals surface area contributed by atoms with Gasteiger partial charge in [-0.05, 0) is 81.6 Å². The Bertz CT molecular complexity index is 2190. The van der Waals surface area contributed by atoms with Crippen molar-refractivity contribution in [1.82, 2.24) is 9.97 Å². The summed E-state index contributed by atoms with van der Waals surface area (Å²) in [5.74, 6) is 0. The molecule has 4 aliphatic rings. The zero-order valence-electron chi connectivity index (χ0n) is 26.9. The lowest BCUT2D eigenvalue weighted by Gasteiger charge is -2.24. The monoisotopic (exact) mass is 583 g/mol. The van der Waals surface area contributed by atoms with Crippen molar-refractivity contribution in [3.05, 3.63) is 124 Å². The van der Waals surface area contributed by atoms with Gasteiger partial charge in [-0.25, -0.2) is 9.97 Å². The van der Waals surface area contributed by atoms with E-state index in [4.69, 9.17) is 15.0 Å². The van der Waals surface area contributed by atoms with Crippen molar-refractivity contribution in [2.24, 2.45) is 4.99 Å². The van der Waals surface area contributed by atoms with E-state index in [2.05, 4.69) is 133 Å². The highest BCUT2D eigenvalue weighted by molar-refractivity contribution is 5.88. The van der Waals surface area contributed by atoms with Crippen LogP contribution < -0.4 is 0 Å². The molecular weight excluding hydrogens is 546 g/mol. The molecule has 3 heteroatoms. The summed E-state index contributed by atoms with van der Waals surface area (Å²) in [6.45, 7) is 14.0. The molecule has 0 fully saturated rings. The van der Waals surface area contributed by atoms with Gasteiger partial charge in [-0.15, -0.1) is 0 Å². The molecule has 0 unspecified atom stereocenters. The summed E-state index contributed by atoms with van der Waals surface area (Å²) >= 11 is 0. The predicted molar refractivity (Wildman–Crippen MR) is 186 cm³/mol. The summed E-state index contributed by atoms with van der Waals surface area (Å²) < 4.78 is 0. The third-order valence-electron chi connectivity index (χ3n) is 11.3. The van der Waals surface area contributed by atoms with Crippen molar-refractivity contribution >= 4 is 11.9 Å². The fourth-order valence-electron chi connectivity index (χ4n) is 8.61. The number of fused-ring (bicyclic) bond motifs is 8. The summed E-state index contributed by atoms with van der Waals surface area (Å²) in [7, 11) is 0. The molecule has 2 aromatic heterocycles. The van der Waals surface area contributed by atoms with Crippen LogP contribution in [0.2, 0.25) is 0 Å². The van der Waals surface area contributed by atoms with Gasteiger partial charge < -0.3 is 0 Å². The van der Waals surface area contributed by atoms with Crippen molar-refractivity contribution in [3.63, 3.8) is 0 Å². The number of nitrogens with zero attached hydrogens (tertiary/aromatic N) is 3. The highest BCUT2D eigenvalue weighted by Gasteiger charge is 2.40. The minimum atomic E-state index is -0.149. The van der Waals surface area contributed by atoms with Gasteiger partial charge in [0.25, 0.3) is 0 Å². The molecule has 0 saturated heterocycles. The van der Waals surface area contributed by atoms with Gasteiger partial charge in [0.05, 0.1) is 28.5 Å². The number of allylic oxidation sites excluding steroid dienone is 1. The largest absolute Gasteiger partial charge is 0.259 e. The number of pyridine rings is 2. The minimum Gasteiger partial charge on any atom is -0.259 e. The smallest absolute Gasteiger partial charge is 0.0934 e. The molecule has 1 aliphatic heterocycles. The van der Waals surface area contributed by atoms with Crippen LogP contribution in [0.4, 0.5) is 0 Å². The van der Waals surface area contributed by atoms with E-state index >= 15 is 0 Å². The van der Waals surface area contributed by atoms with Gasteiger partial charge in [-0.2, -0.15) is 0 Å². The zero-order chi connectivity index (χ0) is 30.9. The van der Waals surface area contributed by atoms with Gasteiger partial charge in [0, 0.05) is 39.1 Å². The maximum Gasteiger partial charge on any atom is 0.0934 e. The number of rotatable bonds is 2. The molecule has 3 aliphatic carbocycles. The maximum absolute atomic E-state index is 5.28. The summed E-state index contributed by atoms with van der Waals surface area (Å²) in [6.07, 6.45) is 4.14. The molecular formula is C42H37N3. The van der Waals surface area contributed by atoms with Crippen molar-refractivity contribution in [2.45, 2.75) is 70.6 Å². The summed E-state index contributed by atoms with van der Waals surface area (Å²) in [5, 5.41) is 0. The van der Waals surface area contributed by atoms with Crippen LogP contribution in [0.5, 0.6) is 0 Å². The Balaban J connectivity index is 1.10. The van der Waals surface area contributed by atoms with E-state index in [9.17, 15) is 0 Å². The average molecular weight is 584 g/mol. The molecule has 3 heterocycles. The first-order valence-electron chi connectivity index (χ1n) is 16.3. The van der Waals surface area contributed by atoms with Crippen LogP contribution in [-0.4, -0.2) is 16.2 Å². The molecule has 0 bridgehead atoms. The van der Waals surface area contributed by atoms with Gasteiger partial charge in [0.2, 0.25) is 0 Å². The maximum atomic E-state index is 5.28. The van der Waals surface area contributed by atoms with Crippen molar-refractivity contribution in [2.75, 3.05) is 0 Å². The number of hydrogen-bond donors (Lipinski definition) is 0. The second kappa shape index (κ2) is 8.75. The van der Waals surface area contributed by atoms with Crippen molar-refractivity contribution < 1.29 is 0 Å². The minimum absolute atomic E-state index is 0.0134. The molecule has 3 nitrogen and oxygen atoms in total. The summed E-state index contributed by atoms with van der Waals surface area (Å²) in [5.41, 5.74) is 19.4. The average Bonchev–Trinajstić information content (AvgIpc) is 3.53. The van der Waals surface area contributed by atoms with Gasteiger partial charge >= 0.3 is 0 Å². The number of hydrogen-bond acceptors (Lipinski definition) is 3. The number of benzene rings is 3. The van der Waals surface area contributed by atoms with Crippen LogP contribution in [0.1, 0.15) is 87.9 Å². The molecule has 45 heavy (non-hydrogen) atoms. The van der Waals surface area contributed by atoms with Gasteiger partial charge in [0.1, 0.15) is 0 Å². The highest BCUT2D eigenvalue weighted by atomic mass is 14.9. The molecule has 0 atom stereocenters. The number of aromatic nitrogens is 2. The second-order valence-electron chi connectivity index (χ2n) is 14.8. The van der Waals surface area contributed by atoms with Crippen molar-refractivity contribution in [3.8, 4) is 44.9 Å². The molecule has 220 valence electrons. The van der Waals surface area contributed by atoms with E-state index in [1.54, 1.807) is 0 Å². The fraction of sp³-hybridized carbons (Fsp3) is 0.262. The van der Waals surface area contributed by atoms with Gasteiger partial charge in [0.15, 0.2) is 0 Å². The first-order valence-corrected chi connectivity index (χ1v) is 16.3. The van der Waals surface area contributed by atoms with Crippen LogP contribution in [0, 0.1) is 0 Å². The third kappa shape index (κ3) is 3.50. The molecule has 0 N–H and O–H groups in total. The van der Waals surface area contributed by atoms with E-state index in [0.29, 0.717) is 0 Å². The lowest BCUT2D eigenvalue weighted by molar-refractivity contribution is 0.609. The van der Waals surface area contributed by atoms with Crippen LogP contribution in [0.25, 0.3) is 50.6 Å². The Morgan fingerprint density at radius 3 is 1.76 bits per heavy atom. The first kappa shape index (κ1) is 26.7. The lowest BCUT2D eigenvalue weighted by Crippen LogP contribution is -2.18. The Labute approximate surface area is 265 Å². The standard InChI is InChI=1S/C42H37N3/c1-40(2)29-11-8-7-10-28(29)37-31(40)17-19-35(44-37)24-13-15-26-27-16-14-25(23-34(27)42(5,6)33(26)22-24)36-20-18-32-39(45-36)38-30(41(32,3)4)12-9-21-43-38/h7-8,10-11,13-23H,9,12H2,1-6H3.